The Labute approximate surface area is 86.4 Å². The molecule has 1 aromatic carbocycles. The fourth-order valence-electron chi connectivity index (χ4n) is 0.968. The minimum Gasteiger partial charge on any atom is -0.479 e. The van der Waals surface area contributed by atoms with Gasteiger partial charge in [0, 0.05) is 5.56 Å². The van der Waals surface area contributed by atoms with E-state index >= 15 is 0 Å². The number of aliphatic hydroxyl groups is 1. The number of carboxylic acids is 1. The second-order valence-electron chi connectivity index (χ2n) is 2.93. The van der Waals surface area contributed by atoms with Crippen molar-refractivity contribution in [2.45, 2.75) is 6.10 Å². The molecule has 1 atom stereocenters. The number of amides is 1. The highest BCUT2D eigenvalue weighted by Crippen LogP contribution is 1.97. The maximum absolute atomic E-state index is 11.4. The third-order valence-electron chi connectivity index (χ3n) is 1.78. The van der Waals surface area contributed by atoms with E-state index in [0.717, 1.165) is 0 Å². The van der Waals surface area contributed by atoms with Crippen LogP contribution >= 0.6 is 0 Å². The largest absolute Gasteiger partial charge is 0.479 e. The van der Waals surface area contributed by atoms with Crippen molar-refractivity contribution < 1.29 is 19.8 Å². The normalized spacial score (nSPS) is 11.8. The van der Waals surface area contributed by atoms with Crippen molar-refractivity contribution in [3.05, 3.63) is 35.9 Å². The van der Waals surface area contributed by atoms with Gasteiger partial charge >= 0.3 is 5.97 Å². The first kappa shape index (κ1) is 11.2. The lowest BCUT2D eigenvalue weighted by atomic mass is 10.2. The van der Waals surface area contributed by atoms with E-state index in [1.165, 1.54) is 0 Å². The van der Waals surface area contributed by atoms with Gasteiger partial charge in [-0.05, 0) is 12.1 Å². The molecule has 0 fully saturated rings. The van der Waals surface area contributed by atoms with Gasteiger partial charge < -0.3 is 15.5 Å². The average Bonchev–Trinajstić information content (AvgIpc) is 2.26. The summed E-state index contributed by atoms with van der Waals surface area (Å²) in [6.45, 7) is -0.303. The topological polar surface area (TPSA) is 86.6 Å². The number of carboxylic acid groups (broad SMARTS) is 1. The van der Waals surface area contributed by atoms with Crippen molar-refractivity contribution >= 4 is 11.9 Å². The number of nitrogens with one attached hydrogen (secondary N) is 1. The maximum atomic E-state index is 11.4. The Morgan fingerprint density at radius 2 is 1.87 bits per heavy atom. The van der Waals surface area contributed by atoms with Crippen LogP contribution in [0.3, 0.4) is 0 Å². The highest BCUT2D eigenvalue weighted by atomic mass is 16.4. The molecule has 1 rings (SSSR count). The molecule has 0 saturated carbocycles. The quantitative estimate of drug-likeness (QED) is 0.644. The Kier molecular flexibility index (Phi) is 3.82. The number of rotatable bonds is 4. The molecule has 0 saturated heterocycles. The van der Waals surface area contributed by atoms with E-state index in [2.05, 4.69) is 5.32 Å². The molecule has 0 bridgehead atoms. The number of benzene rings is 1. The zero-order chi connectivity index (χ0) is 11.3. The number of carbonyl (C=O) groups excluding carboxylic acids is 1. The minimum atomic E-state index is -1.57. The van der Waals surface area contributed by atoms with Gasteiger partial charge in [-0.1, -0.05) is 18.2 Å². The molecule has 5 nitrogen and oxygen atoms in total. The van der Waals surface area contributed by atoms with E-state index in [4.69, 9.17) is 10.2 Å². The molecule has 0 aliphatic heterocycles. The number of hydrogen-bond donors (Lipinski definition) is 3. The van der Waals surface area contributed by atoms with Gasteiger partial charge in [-0.25, -0.2) is 4.79 Å². The molecule has 0 spiro atoms. The monoisotopic (exact) mass is 209 g/mol. The zero-order valence-corrected chi connectivity index (χ0v) is 7.88. The SMILES string of the molecule is O=C(NC[C@@H](O)C(=O)O)c1ccccc1. The van der Waals surface area contributed by atoms with Crippen molar-refractivity contribution in [1.29, 1.82) is 0 Å². The predicted molar refractivity (Wildman–Crippen MR) is 52.4 cm³/mol. The molecule has 0 aliphatic carbocycles. The van der Waals surface area contributed by atoms with Gasteiger partial charge in [-0.3, -0.25) is 4.79 Å². The van der Waals surface area contributed by atoms with E-state index in [0.29, 0.717) is 5.56 Å². The summed E-state index contributed by atoms with van der Waals surface area (Å²) >= 11 is 0. The zero-order valence-electron chi connectivity index (χ0n) is 7.88. The Morgan fingerprint density at radius 1 is 1.27 bits per heavy atom. The van der Waals surface area contributed by atoms with Crippen LogP contribution in [-0.4, -0.2) is 34.7 Å². The molecule has 0 aromatic heterocycles. The Bertz CT molecular complexity index is 350. The minimum absolute atomic E-state index is 0.303. The van der Waals surface area contributed by atoms with Crippen molar-refractivity contribution in [3.63, 3.8) is 0 Å². The van der Waals surface area contributed by atoms with Crippen LogP contribution in [0.5, 0.6) is 0 Å². The second kappa shape index (κ2) is 5.11. The van der Waals surface area contributed by atoms with Crippen LogP contribution in [0.1, 0.15) is 10.4 Å². The van der Waals surface area contributed by atoms with Crippen LogP contribution in [0.15, 0.2) is 30.3 Å². The molecule has 0 heterocycles. The van der Waals surface area contributed by atoms with Gasteiger partial charge in [0.2, 0.25) is 0 Å². The van der Waals surface area contributed by atoms with Crippen molar-refractivity contribution in [3.8, 4) is 0 Å². The summed E-state index contributed by atoms with van der Waals surface area (Å²) in [4.78, 5) is 21.6. The Hall–Kier alpha value is -1.88. The van der Waals surface area contributed by atoms with Crippen LogP contribution in [0.25, 0.3) is 0 Å². The van der Waals surface area contributed by atoms with Gasteiger partial charge in [0.15, 0.2) is 6.10 Å². The van der Waals surface area contributed by atoms with E-state index in [9.17, 15) is 9.59 Å². The van der Waals surface area contributed by atoms with Gasteiger partial charge in [0.1, 0.15) is 0 Å². The fraction of sp³-hybridized carbons (Fsp3) is 0.200. The standard InChI is InChI=1S/C10H11NO4/c12-8(10(14)15)6-11-9(13)7-4-2-1-3-5-7/h1-5,8,12H,6H2,(H,11,13)(H,14,15)/t8-/m1/s1. The second-order valence-corrected chi connectivity index (χ2v) is 2.93. The lowest BCUT2D eigenvalue weighted by molar-refractivity contribution is -0.146. The van der Waals surface area contributed by atoms with Crippen molar-refractivity contribution in [2.24, 2.45) is 0 Å². The van der Waals surface area contributed by atoms with Gasteiger partial charge in [-0.15, -0.1) is 0 Å². The lowest BCUT2D eigenvalue weighted by Gasteiger charge is -2.07. The third kappa shape index (κ3) is 3.40. The summed E-state index contributed by atoms with van der Waals surface area (Å²) in [6, 6.07) is 8.36. The van der Waals surface area contributed by atoms with Crippen LogP contribution in [0, 0.1) is 0 Å². The first-order valence-electron chi connectivity index (χ1n) is 4.35. The molecule has 3 N–H and O–H groups in total. The smallest absolute Gasteiger partial charge is 0.334 e. The fourth-order valence-corrected chi connectivity index (χ4v) is 0.968. The molecule has 80 valence electrons. The molecule has 5 heteroatoms. The maximum Gasteiger partial charge on any atom is 0.334 e. The molecular weight excluding hydrogens is 198 g/mol. The average molecular weight is 209 g/mol. The summed E-state index contributed by atoms with van der Waals surface area (Å²) in [7, 11) is 0. The molecular formula is C10H11NO4. The first-order chi connectivity index (χ1) is 7.11. The van der Waals surface area contributed by atoms with Crippen LogP contribution in [0.4, 0.5) is 0 Å². The van der Waals surface area contributed by atoms with E-state index in [-0.39, 0.29) is 6.54 Å². The number of hydrogen-bond acceptors (Lipinski definition) is 3. The van der Waals surface area contributed by atoms with E-state index in [1.54, 1.807) is 30.3 Å². The Balaban J connectivity index is 2.47. The highest BCUT2D eigenvalue weighted by Gasteiger charge is 2.14. The Morgan fingerprint density at radius 3 is 2.40 bits per heavy atom. The summed E-state index contributed by atoms with van der Waals surface area (Å²) < 4.78 is 0. The molecule has 1 amide bonds. The summed E-state index contributed by atoms with van der Waals surface area (Å²) in [5, 5.41) is 19.6. The third-order valence-corrected chi connectivity index (χ3v) is 1.78. The van der Waals surface area contributed by atoms with Crippen LogP contribution in [-0.2, 0) is 4.79 Å². The summed E-state index contributed by atoms with van der Waals surface area (Å²) in [6.07, 6.45) is -1.57. The number of carbonyl (C=O) groups is 2. The van der Waals surface area contributed by atoms with Crippen molar-refractivity contribution in [1.82, 2.24) is 5.32 Å². The highest BCUT2D eigenvalue weighted by molar-refractivity contribution is 5.94. The molecule has 0 unspecified atom stereocenters. The number of aliphatic hydroxyl groups excluding tert-OH is 1. The first-order valence-corrected chi connectivity index (χ1v) is 4.35. The van der Waals surface area contributed by atoms with E-state index < -0.39 is 18.0 Å². The molecule has 15 heavy (non-hydrogen) atoms. The molecule has 0 radical (unpaired) electrons. The number of aliphatic carboxylic acids is 1. The molecule has 1 aromatic rings. The lowest BCUT2D eigenvalue weighted by Crippen LogP contribution is -2.36. The molecule has 0 aliphatic rings. The van der Waals surface area contributed by atoms with E-state index in [1.807, 2.05) is 0 Å². The van der Waals surface area contributed by atoms with Gasteiger partial charge in [-0.2, -0.15) is 0 Å². The predicted octanol–water partition coefficient (Wildman–Crippen LogP) is -0.138. The summed E-state index contributed by atoms with van der Waals surface area (Å²) in [5.41, 5.74) is 0.426. The van der Waals surface area contributed by atoms with Crippen LogP contribution in [0.2, 0.25) is 0 Å². The van der Waals surface area contributed by atoms with Crippen molar-refractivity contribution in [2.75, 3.05) is 6.54 Å². The van der Waals surface area contributed by atoms with Gasteiger partial charge in [0.05, 0.1) is 6.54 Å². The van der Waals surface area contributed by atoms with Gasteiger partial charge in [0.25, 0.3) is 5.91 Å². The van der Waals surface area contributed by atoms with Crippen LogP contribution < -0.4 is 5.32 Å². The summed E-state index contributed by atoms with van der Waals surface area (Å²) in [5.74, 6) is -1.76.